The van der Waals surface area contributed by atoms with Crippen LogP contribution < -0.4 is 5.32 Å². The Morgan fingerprint density at radius 3 is 2.40 bits per heavy atom. The number of carbonyl (C=O) groups excluding carboxylic acids is 1. The summed E-state index contributed by atoms with van der Waals surface area (Å²) in [5, 5.41) is 36.0. The highest BCUT2D eigenvalue weighted by Crippen LogP contribution is 2.29. The molecule has 0 aliphatic carbocycles. The van der Waals surface area contributed by atoms with Crippen LogP contribution in [0.4, 0.5) is 10.6 Å². The lowest BCUT2D eigenvalue weighted by Gasteiger charge is -2.36. The molecule has 0 saturated carbocycles. The number of aromatic nitrogens is 2. The lowest BCUT2D eigenvalue weighted by atomic mass is 10.0. The second kappa shape index (κ2) is 7.12. The van der Waals surface area contributed by atoms with Crippen molar-refractivity contribution < 1.29 is 20.1 Å². The lowest BCUT2D eigenvalue weighted by molar-refractivity contribution is -0.0989. The summed E-state index contributed by atoms with van der Waals surface area (Å²) in [4.78, 5) is 13.8. The van der Waals surface area contributed by atoms with Crippen LogP contribution in [0.5, 0.6) is 0 Å². The molecule has 134 valence electrons. The number of likely N-dealkylation sites (tertiary alicyclic amines) is 1. The summed E-state index contributed by atoms with van der Waals surface area (Å²) < 4.78 is 2.49. The summed E-state index contributed by atoms with van der Waals surface area (Å²) in [7, 11) is 1.71. The number of hydrogen-bond acceptors (Lipinski definition) is 5. The minimum absolute atomic E-state index is 0.0600. The third kappa shape index (κ3) is 3.69. The Morgan fingerprint density at radius 2 is 1.80 bits per heavy atom. The van der Waals surface area contributed by atoms with Crippen molar-refractivity contribution in [2.24, 2.45) is 7.05 Å². The summed E-state index contributed by atoms with van der Waals surface area (Å²) in [6.07, 6.45) is -1.97. The first-order valence-corrected chi connectivity index (χ1v) is 8.54. The highest BCUT2D eigenvalue weighted by molar-refractivity contribution is 9.10. The van der Waals surface area contributed by atoms with Crippen molar-refractivity contribution in [2.75, 3.05) is 18.4 Å². The van der Waals surface area contributed by atoms with Crippen LogP contribution in [-0.4, -0.2) is 67.4 Å². The smallest absolute Gasteiger partial charge is 0.323 e. The molecule has 1 aliphatic heterocycles. The first-order chi connectivity index (χ1) is 11.9. The Hall–Kier alpha value is -1.94. The molecule has 1 fully saturated rings. The van der Waals surface area contributed by atoms with E-state index in [9.17, 15) is 20.1 Å². The van der Waals surface area contributed by atoms with E-state index in [-0.39, 0.29) is 13.1 Å². The van der Waals surface area contributed by atoms with Crippen LogP contribution in [0.15, 0.2) is 34.9 Å². The number of anilines is 1. The lowest BCUT2D eigenvalue weighted by Crippen LogP contribution is -2.57. The molecule has 2 aromatic rings. The maximum absolute atomic E-state index is 12.5. The van der Waals surface area contributed by atoms with Crippen molar-refractivity contribution in [2.45, 2.75) is 18.3 Å². The van der Waals surface area contributed by atoms with Gasteiger partial charge in [0.25, 0.3) is 0 Å². The number of halogens is 1. The molecule has 3 atom stereocenters. The fourth-order valence-electron chi connectivity index (χ4n) is 2.77. The second-order valence-corrected chi connectivity index (χ2v) is 6.91. The molecule has 0 spiro atoms. The number of β-amino-alcohol motifs (C(OH)–C–C–N with tert-alkyl or cyclic N) is 2. The molecule has 1 aromatic carbocycles. The molecule has 3 rings (SSSR count). The summed E-state index contributed by atoms with van der Waals surface area (Å²) in [5.74, 6) is 0.502. The van der Waals surface area contributed by atoms with Crippen molar-refractivity contribution in [1.82, 2.24) is 14.7 Å². The number of aliphatic hydroxyl groups excluding tert-OH is 3. The molecule has 1 aromatic heterocycles. The van der Waals surface area contributed by atoms with Gasteiger partial charge in [-0.3, -0.25) is 10.00 Å². The topological polar surface area (TPSA) is 111 Å². The zero-order valence-corrected chi connectivity index (χ0v) is 15.1. The highest BCUT2D eigenvalue weighted by Gasteiger charge is 2.35. The van der Waals surface area contributed by atoms with E-state index in [0.29, 0.717) is 5.82 Å². The average molecular weight is 411 g/mol. The average Bonchev–Trinajstić information content (AvgIpc) is 2.93. The van der Waals surface area contributed by atoms with E-state index < -0.39 is 24.3 Å². The quantitative estimate of drug-likeness (QED) is 0.584. The fraction of sp³-hybridized carbons (Fsp3) is 0.375. The minimum atomic E-state index is -1.25. The van der Waals surface area contributed by atoms with Gasteiger partial charge in [-0.2, -0.15) is 5.10 Å². The summed E-state index contributed by atoms with van der Waals surface area (Å²) in [6.45, 7) is -0.120. The molecule has 8 nitrogen and oxygen atoms in total. The fourth-order valence-corrected chi connectivity index (χ4v) is 3.04. The van der Waals surface area contributed by atoms with E-state index in [0.717, 1.165) is 15.6 Å². The SMILES string of the molecule is Cn1ncc(-c2ccc(Br)cc2)c1NC(=O)N1C[C@@H](O)C(O)[C@@H](O)C1. The van der Waals surface area contributed by atoms with Gasteiger partial charge >= 0.3 is 6.03 Å². The maximum atomic E-state index is 12.5. The first kappa shape index (κ1) is 17.9. The van der Waals surface area contributed by atoms with Crippen LogP contribution in [0.25, 0.3) is 11.1 Å². The normalized spacial score (nSPS) is 23.6. The third-order valence-electron chi connectivity index (χ3n) is 4.21. The number of piperidine rings is 1. The van der Waals surface area contributed by atoms with Gasteiger partial charge in [-0.25, -0.2) is 4.79 Å². The van der Waals surface area contributed by atoms with Crippen molar-refractivity contribution in [3.8, 4) is 11.1 Å². The van der Waals surface area contributed by atoms with E-state index in [2.05, 4.69) is 26.3 Å². The van der Waals surface area contributed by atoms with Gasteiger partial charge in [-0.1, -0.05) is 28.1 Å². The van der Waals surface area contributed by atoms with Gasteiger partial charge in [-0.05, 0) is 17.7 Å². The van der Waals surface area contributed by atoms with Crippen LogP contribution in [-0.2, 0) is 7.05 Å². The Labute approximate surface area is 152 Å². The van der Waals surface area contributed by atoms with Gasteiger partial charge in [0.1, 0.15) is 24.1 Å². The standard InChI is InChI=1S/C16H19BrN4O4/c1-20-15(11(6-18-20)9-2-4-10(17)5-3-9)19-16(25)21-7-12(22)14(24)13(23)8-21/h2-6,12-14,22-24H,7-8H2,1H3,(H,19,25)/t12-,13+,14?. The summed E-state index contributed by atoms with van der Waals surface area (Å²) in [5.41, 5.74) is 1.64. The van der Waals surface area contributed by atoms with Crippen LogP contribution in [0.3, 0.4) is 0 Å². The zero-order valence-electron chi connectivity index (χ0n) is 13.5. The summed E-state index contributed by atoms with van der Waals surface area (Å²) >= 11 is 3.39. The van der Waals surface area contributed by atoms with Gasteiger partial charge in [0, 0.05) is 17.1 Å². The number of benzene rings is 1. The molecule has 2 heterocycles. The van der Waals surface area contributed by atoms with Gasteiger partial charge in [0.15, 0.2) is 0 Å². The first-order valence-electron chi connectivity index (χ1n) is 7.75. The van der Waals surface area contributed by atoms with E-state index in [1.807, 2.05) is 24.3 Å². The number of rotatable bonds is 2. The second-order valence-electron chi connectivity index (χ2n) is 6.00. The van der Waals surface area contributed by atoms with E-state index in [4.69, 9.17) is 0 Å². The molecule has 0 bridgehead atoms. The highest BCUT2D eigenvalue weighted by atomic mass is 79.9. The Balaban J connectivity index is 1.80. The number of carbonyl (C=O) groups is 1. The molecule has 2 amide bonds. The van der Waals surface area contributed by atoms with Crippen LogP contribution in [0.2, 0.25) is 0 Å². The number of hydrogen-bond donors (Lipinski definition) is 4. The Kier molecular flexibility index (Phi) is 5.09. The Morgan fingerprint density at radius 1 is 1.20 bits per heavy atom. The van der Waals surface area contributed by atoms with Crippen molar-refractivity contribution in [3.05, 3.63) is 34.9 Å². The molecule has 1 saturated heterocycles. The number of aliphatic hydroxyl groups is 3. The van der Waals surface area contributed by atoms with Crippen LogP contribution in [0, 0.1) is 0 Å². The molecule has 0 radical (unpaired) electrons. The van der Waals surface area contributed by atoms with Crippen LogP contribution in [0.1, 0.15) is 0 Å². The number of nitrogens with zero attached hydrogens (tertiary/aromatic N) is 3. The maximum Gasteiger partial charge on any atom is 0.323 e. The van der Waals surface area contributed by atoms with E-state index >= 15 is 0 Å². The number of urea groups is 1. The molecule has 4 N–H and O–H groups in total. The number of amides is 2. The zero-order chi connectivity index (χ0) is 18.1. The minimum Gasteiger partial charge on any atom is -0.388 e. The van der Waals surface area contributed by atoms with Gasteiger partial charge in [-0.15, -0.1) is 0 Å². The Bertz CT molecular complexity index is 752. The van der Waals surface area contributed by atoms with Crippen molar-refractivity contribution in [3.63, 3.8) is 0 Å². The molecule has 9 heteroatoms. The predicted molar refractivity (Wildman–Crippen MR) is 95.0 cm³/mol. The van der Waals surface area contributed by atoms with Crippen molar-refractivity contribution in [1.29, 1.82) is 0 Å². The van der Waals surface area contributed by atoms with Crippen LogP contribution >= 0.6 is 15.9 Å². The molecule has 1 aliphatic rings. The van der Waals surface area contributed by atoms with Gasteiger partial charge in [0.2, 0.25) is 0 Å². The molecular weight excluding hydrogens is 392 g/mol. The molecule has 1 unspecified atom stereocenters. The number of aryl methyl sites for hydroxylation is 1. The molecular formula is C16H19BrN4O4. The predicted octanol–water partition coefficient (Wildman–Crippen LogP) is 0.780. The molecule has 25 heavy (non-hydrogen) atoms. The van der Waals surface area contributed by atoms with Crippen molar-refractivity contribution >= 4 is 27.8 Å². The summed E-state index contributed by atoms with van der Waals surface area (Å²) in [6, 6.07) is 7.12. The largest absolute Gasteiger partial charge is 0.388 e. The third-order valence-corrected chi connectivity index (χ3v) is 4.74. The van der Waals surface area contributed by atoms with E-state index in [1.54, 1.807) is 17.9 Å². The monoisotopic (exact) mass is 410 g/mol. The van der Waals surface area contributed by atoms with Gasteiger partial charge < -0.3 is 20.2 Å². The van der Waals surface area contributed by atoms with E-state index in [1.165, 1.54) is 4.90 Å². The van der Waals surface area contributed by atoms with Gasteiger partial charge in [0.05, 0.1) is 19.3 Å². The number of nitrogens with one attached hydrogen (secondary N) is 1.